The minimum Gasteiger partial charge on any atom is -0.354 e. The lowest BCUT2D eigenvalue weighted by Crippen LogP contribution is -2.38. The van der Waals surface area contributed by atoms with Crippen LogP contribution in [-0.2, 0) is 17.8 Å². The van der Waals surface area contributed by atoms with Crippen LogP contribution in [-0.4, -0.2) is 34.5 Å². The molecule has 1 heterocycles. The number of aryl methyl sites for hydroxylation is 1. The van der Waals surface area contributed by atoms with Crippen molar-refractivity contribution in [3.63, 3.8) is 0 Å². The highest BCUT2D eigenvalue weighted by atomic mass is 16.2. The van der Waals surface area contributed by atoms with E-state index in [1.807, 2.05) is 43.5 Å². The maximum absolute atomic E-state index is 12.1. The first-order valence-corrected chi connectivity index (χ1v) is 9.28. The Morgan fingerprint density at radius 2 is 1.75 bits per heavy atom. The fraction of sp³-hybridized carbons (Fsp3) is 0.227. The summed E-state index contributed by atoms with van der Waals surface area (Å²) in [5, 5.41) is 5.48. The molecule has 0 radical (unpaired) electrons. The molecule has 0 spiro atoms. The lowest BCUT2D eigenvalue weighted by molar-refractivity contribution is -0.120. The van der Waals surface area contributed by atoms with Crippen LogP contribution in [0.2, 0.25) is 0 Å². The normalized spacial score (nSPS) is 10.5. The molecule has 0 saturated carbocycles. The van der Waals surface area contributed by atoms with E-state index in [9.17, 15) is 9.59 Å². The van der Waals surface area contributed by atoms with Crippen molar-refractivity contribution in [2.45, 2.75) is 19.9 Å². The molecule has 6 nitrogen and oxygen atoms in total. The van der Waals surface area contributed by atoms with Crippen LogP contribution in [0.4, 0.5) is 0 Å². The molecular formula is C22H24N4O2. The van der Waals surface area contributed by atoms with E-state index in [1.54, 1.807) is 18.3 Å². The van der Waals surface area contributed by atoms with E-state index >= 15 is 0 Å². The molecule has 0 aliphatic rings. The van der Waals surface area contributed by atoms with Gasteiger partial charge in [-0.2, -0.15) is 0 Å². The van der Waals surface area contributed by atoms with Gasteiger partial charge in [0.1, 0.15) is 5.82 Å². The number of hydrogen-bond donors (Lipinski definition) is 2. The molecule has 0 aliphatic carbocycles. The van der Waals surface area contributed by atoms with Crippen molar-refractivity contribution in [2.24, 2.45) is 0 Å². The minimum atomic E-state index is -0.244. The standard InChI is InChI=1S/C22H24N4O2/c1-17-7-5-6-10-19(17)22(28)25-15-21(27)24-12-11-20-23-13-14-26(20)16-18-8-3-2-4-9-18/h2-10,13-14H,11-12,15-16H2,1H3,(H,24,27)(H,25,28). The van der Waals surface area contributed by atoms with Crippen LogP contribution < -0.4 is 10.6 Å². The van der Waals surface area contributed by atoms with E-state index in [1.165, 1.54) is 5.56 Å². The van der Waals surface area contributed by atoms with Crippen LogP contribution in [0.15, 0.2) is 67.0 Å². The first-order valence-electron chi connectivity index (χ1n) is 9.28. The average Bonchev–Trinajstić information content (AvgIpc) is 3.14. The number of benzene rings is 2. The summed E-state index contributed by atoms with van der Waals surface area (Å²) in [4.78, 5) is 28.5. The van der Waals surface area contributed by atoms with E-state index < -0.39 is 0 Å². The molecule has 3 rings (SSSR count). The van der Waals surface area contributed by atoms with Crippen LogP contribution in [0, 0.1) is 6.92 Å². The molecule has 0 unspecified atom stereocenters. The van der Waals surface area contributed by atoms with Gasteiger partial charge in [-0.25, -0.2) is 4.98 Å². The van der Waals surface area contributed by atoms with E-state index in [0.717, 1.165) is 17.9 Å². The Morgan fingerprint density at radius 1 is 1.00 bits per heavy atom. The molecule has 6 heteroatoms. The van der Waals surface area contributed by atoms with Gasteiger partial charge < -0.3 is 15.2 Å². The summed E-state index contributed by atoms with van der Waals surface area (Å²) >= 11 is 0. The summed E-state index contributed by atoms with van der Waals surface area (Å²) in [6.45, 7) is 3.03. The molecule has 144 valence electrons. The highest BCUT2D eigenvalue weighted by molar-refractivity contribution is 5.97. The highest BCUT2D eigenvalue weighted by Gasteiger charge is 2.10. The first-order chi connectivity index (χ1) is 13.6. The molecule has 3 aromatic rings. The van der Waals surface area contributed by atoms with E-state index in [0.29, 0.717) is 18.5 Å². The second-order valence-electron chi connectivity index (χ2n) is 6.55. The topological polar surface area (TPSA) is 76.0 Å². The third-order valence-electron chi connectivity index (χ3n) is 4.47. The summed E-state index contributed by atoms with van der Waals surface area (Å²) in [7, 11) is 0. The lowest BCUT2D eigenvalue weighted by atomic mass is 10.1. The minimum absolute atomic E-state index is 0.0500. The molecule has 0 saturated heterocycles. The van der Waals surface area contributed by atoms with Gasteiger partial charge in [-0.15, -0.1) is 0 Å². The second kappa shape index (κ2) is 9.50. The lowest BCUT2D eigenvalue weighted by Gasteiger charge is -2.10. The zero-order valence-corrected chi connectivity index (χ0v) is 15.9. The first kappa shape index (κ1) is 19.4. The number of aromatic nitrogens is 2. The Hall–Kier alpha value is -3.41. The maximum atomic E-state index is 12.1. The quantitative estimate of drug-likeness (QED) is 0.634. The summed E-state index contributed by atoms with van der Waals surface area (Å²) < 4.78 is 2.07. The zero-order chi connectivity index (χ0) is 19.8. The number of hydrogen-bond acceptors (Lipinski definition) is 3. The molecule has 0 atom stereocenters. The molecule has 2 amide bonds. The summed E-state index contributed by atoms with van der Waals surface area (Å²) in [5.41, 5.74) is 2.66. The highest BCUT2D eigenvalue weighted by Crippen LogP contribution is 2.07. The van der Waals surface area contributed by atoms with Crippen molar-refractivity contribution in [1.82, 2.24) is 20.2 Å². The van der Waals surface area contributed by atoms with Gasteiger partial charge in [-0.3, -0.25) is 9.59 Å². The fourth-order valence-electron chi connectivity index (χ4n) is 2.95. The van der Waals surface area contributed by atoms with Crippen LogP contribution >= 0.6 is 0 Å². The predicted molar refractivity (Wildman–Crippen MR) is 108 cm³/mol. The van der Waals surface area contributed by atoms with Crippen molar-refractivity contribution in [2.75, 3.05) is 13.1 Å². The maximum Gasteiger partial charge on any atom is 0.251 e. The van der Waals surface area contributed by atoms with Gasteiger partial charge in [0.25, 0.3) is 5.91 Å². The molecule has 2 N–H and O–H groups in total. The predicted octanol–water partition coefficient (Wildman–Crippen LogP) is 2.33. The monoisotopic (exact) mass is 376 g/mol. The third kappa shape index (κ3) is 5.30. The van der Waals surface area contributed by atoms with Gasteiger partial charge in [0.05, 0.1) is 6.54 Å². The molecule has 0 bridgehead atoms. The van der Waals surface area contributed by atoms with Crippen molar-refractivity contribution in [3.8, 4) is 0 Å². The van der Waals surface area contributed by atoms with Crippen molar-refractivity contribution < 1.29 is 9.59 Å². The summed E-state index contributed by atoms with van der Waals surface area (Å²) in [6.07, 6.45) is 4.33. The van der Waals surface area contributed by atoms with Crippen molar-refractivity contribution in [3.05, 3.63) is 89.5 Å². The van der Waals surface area contributed by atoms with Crippen molar-refractivity contribution >= 4 is 11.8 Å². The molecule has 0 aliphatic heterocycles. The van der Waals surface area contributed by atoms with Gasteiger partial charge in [-0.05, 0) is 24.1 Å². The summed E-state index contributed by atoms with van der Waals surface area (Å²) in [6, 6.07) is 17.5. The Balaban J connectivity index is 1.43. The van der Waals surface area contributed by atoms with Crippen LogP contribution in [0.3, 0.4) is 0 Å². The Morgan fingerprint density at radius 3 is 2.54 bits per heavy atom. The summed E-state index contributed by atoms with van der Waals surface area (Å²) in [5.74, 6) is 0.447. The average molecular weight is 376 g/mol. The number of imidazole rings is 1. The molecule has 28 heavy (non-hydrogen) atoms. The van der Waals surface area contributed by atoms with Gasteiger partial charge in [0.2, 0.25) is 5.91 Å². The van der Waals surface area contributed by atoms with Gasteiger partial charge in [0, 0.05) is 37.5 Å². The number of carbonyl (C=O) groups is 2. The van der Waals surface area contributed by atoms with Crippen LogP contribution in [0.1, 0.15) is 27.3 Å². The number of nitrogens with one attached hydrogen (secondary N) is 2. The zero-order valence-electron chi connectivity index (χ0n) is 15.9. The smallest absolute Gasteiger partial charge is 0.251 e. The molecule has 0 fully saturated rings. The number of amides is 2. The molecular weight excluding hydrogens is 352 g/mol. The fourth-order valence-corrected chi connectivity index (χ4v) is 2.95. The third-order valence-corrected chi connectivity index (χ3v) is 4.47. The van der Waals surface area contributed by atoms with Gasteiger partial charge >= 0.3 is 0 Å². The number of rotatable bonds is 8. The van der Waals surface area contributed by atoms with Gasteiger partial charge in [-0.1, -0.05) is 48.5 Å². The molecule has 2 aromatic carbocycles. The SMILES string of the molecule is Cc1ccccc1C(=O)NCC(=O)NCCc1nccn1Cc1ccccc1. The Bertz CT molecular complexity index is 934. The van der Waals surface area contributed by atoms with Crippen molar-refractivity contribution in [1.29, 1.82) is 0 Å². The number of carbonyl (C=O) groups excluding carboxylic acids is 2. The Labute approximate surface area is 164 Å². The van der Waals surface area contributed by atoms with E-state index in [2.05, 4.69) is 32.3 Å². The largest absolute Gasteiger partial charge is 0.354 e. The molecule has 1 aromatic heterocycles. The second-order valence-corrected chi connectivity index (χ2v) is 6.55. The van der Waals surface area contributed by atoms with Gasteiger partial charge in [0.15, 0.2) is 0 Å². The van der Waals surface area contributed by atoms with Crippen LogP contribution in [0.5, 0.6) is 0 Å². The van der Waals surface area contributed by atoms with E-state index in [4.69, 9.17) is 0 Å². The van der Waals surface area contributed by atoms with E-state index in [-0.39, 0.29) is 18.4 Å². The van der Waals surface area contributed by atoms with Crippen LogP contribution in [0.25, 0.3) is 0 Å². The Kier molecular flexibility index (Phi) is 6.57. The number of nitrogens with zero attached hydrogens (tertiary/aromatic N) is 2.